The molecule has 0 radical (unpaired) electrons. The van der Waals surface area contributed by atoms with E-state index in [1.807, 2.05) is 31.2 Å². The summed E-state index contributed by atoms with van der Waals surface area (Å²) in [5.41, 5.74) is 1.83. The van der Waals surface area contributed by atoms with Gasteiger partial charge < -0.3 is 9.84 Å². The van der Waals surface area contributed by atoms with Crippen LogP contribution in [0.25, 0.3) is 6.08 Å². The molecular formula is C38H34N2O7. The Hall–Kier alpha value is -5.31. The van der Waals surface area contributed by atoms with Crippen molar-refractivity contribution in [1.29, 1.82) is 0 Å². The number of rotatable bonds is 6. The minimum Gasteiger partial charge on any atom is -0.504 e. The molecule has 6 unspecified atom stereocenters. The highest BCUT2D eigenvalue weighted by Crippen LogP contribution is 2.61. The van der Waals surface area contributed by atoms with E-state index in [1.54, 1.807) is 60.7 Å². The monoisotopic (exact) mass is 630 g/mol. The molecule has 0 bridgehead atoms. The second kappa shape index (κ2) is 11.2. The molecule has 1 N–H and O–H groups in total. The molecule has 0 aromatic heterocycles. The number of carbonyl (C=O) groups excluding carboxylic acids is 5. The number of para-hydroxylation sites is 1. The van der Waals surface area contributed by atoms with E-state index in [0.717, 1.165) is 11.1 Å². The van der Waals surface area contributed by atoms with Gasteiger partial charge in [-0.25, -0.2) is 4.90 Å². The maximum absolute atomic E-state index is 14.4. The number of imide groups is 2. The largest absolute Gasteiger partial charge is 0.504 e. The number of fused-ring (bicyclic) bond motifs is 4. The Morgan fingerprint density at radius 1 is 0.894 bits per heavy atom. The van der Waals surface area contributed by atoms with Crippen molar-refractivity contribution >= 4 is 46.9 Å². The van der Waals surface area contributed by atoms with Crippen LogP contribution in [0.15, 0.2) is 90.5 Å². The van der Waals surface area contributed by atoms with Crippen LogP contribution in [-0.4, -0.2) is 41.6 Å². The number of hydrogen-bond donors (Lipinski definition) is 1. The Labute approximate surface area is 272 Å². The van der Waals surface area contributed by atoms with Gasteiger partial charge in [-0.05, 0) is 86.7 Å². The first-order chi connectivity index (χ1) is 22.6. The van der Waals surface area contributed by atoms with Gasteiger partial charge in [-0.2, -0.15) is 0 Å². The molecule has 0 spiro atoms. The summed E-state index contributed by atoms with van der Waals surface area (Å²) >= 11 is 0. The van der Waals surface area contributed by atoms with E-state index in [9.17, 15) is 29.1 Å². The van der Waals surface area contributed by atoms with Crippen molar-refractivity contribution in [1.82, 2.24) is 0 Å². The molecule has 6 atom stereocenters. The summed E-state index contributed by atoms with van der Waals surface area (Å²) in [5.74, 6) is -4.11. The number of amides is 4. The van der Waals surface area contributed by atoms with Gasteiger partial charge in [0.15, 0.2) is 17.3 Å². The Morgan fingerprint density at radius 3 is 2.28 bits per heavy atom. The van der Waals surface area contributed by atoms with Gasteiger partial charge in [-0.3, -0.25) is 28.9 Å². The molecule has 2 aliphatic carbocycles. The molecule has 2 aliphatic heterocycles. The number of benzene rings is 3. The molecule has 3 aromatic carbocycles. The van der Waals surface area contributed by atoms with Gasteiger partial charge in [-0.15, -0.1) is 0 Å². The molecule has 47 heavy (non-hydrogen) atoms. The SMILES string of the molecule is COc1cc(C=CC2C3=CCC4C(=O)N(c5ccc(C(C)=O)cc5)C(=O)C4C3CC3C(=O)N(c4ccccc4)C(=O)C23C)ccc1O. The number of nitrogens with zero attached hydrogens (tertiary/aromatic N) is 2. The zero-order valence-corrected chi connectivity index (χ0v) is 26.3. The van der Waals surface area contributed by atoms with Gasteiger partial charge in [0.05, 0.1) is 41.7 Å². The number of phenolic OH excluding ortho intramolecular Hbond substituents is 1. The standard InChI is InChI=1S/C38H34N2O7/c1-21(41)23-11-13-25(14-12-23)39-34(43)27-16-15-26-28(33(27)36(39)45)20-30-35(44)40(24-7-5-4-6-8-24)37(46)38(30,2)29(26)17-9-22-10-18-31(42)32(19-22)47-3/h4-15,17-19,27-30,33,42H,16,20H2,1-3H3. The lowest BCUT2D eigenvalue weighted by Crippen LogP contribution is -2.49. The highest BCUT2D eigenvalue weighted by Gasteiger charge is 2.66. The van der Waals surface area contributed by atoms with E-state index in [2.05, 4.69) is 0 Å². The smallest absolute Gasteiger partial charge is 0.241 e. The van der Waals surface area contributed by atoms with Crippen LogP contribution in [-0.2, 0) is 19.2 Å². The average molecular weight is 631 g/mol. The quantitative estimate of drug-likeness (QED) is 0.214. The van der Waals surface area contributed by atoms with Crippen molar-refractivity contribution in [3.8, 4) is 11.5 Å². The van der Waals surface area contributed by atoms with Crippen LogP contribution in [0.4, 0.5) is 11.4 Å². The van der Waals surface area contributed by atoms with E-state index in [-0.39, 0.29) is 41.6 Å². The number of ketones is 1. The topological polar surface area (TPSA) is 121 Å². The molecule has 2 heterocycles. The second-order valence-corrected chi connectivity index (χ2v) is 12.9. The summed E-state index contributed by atoms with van der Waals surface area (Å²) in [6.45, 7) is 3.29. The molecule has 3 aromatic rings. The van der Waals surface area contributed by atoms with E-state index >= 15 is 0 Å². The van der Waals surface area contributed by atoms with E-state index in [1.165, 1.54) is 29.9 Å². The zero-order chi connectivity index (χ0) is 33.2. The van der Waals surface area contributed by atoms with E-state index in [4.69, 9.17) is 4.74 Å². The van der Waals surface area contributed by atoms with Crippen LogP contribution in [0.2, 0.25) is 0 Å². The third kappa shape index (κ3) is 4.55. The van der Waals surface area contributed by atoms with Crippen LogP contribution in [0.5, 0.6) is 11.5 Å². The Kier molecular flexibility index (Phi) is 7.22. The Morgan fingerprint density at radius 2 is 1.60 bits per heavy atom. The lowest BCUT2D eigenvalue weighted by Gasteiger charge is -2.47. The fourth-order valence-corrected chi connectivity index (χ4v) is 8.15. The van der Waals surface area contributed by atoms with Crippen molar-refractivity contribution in [2.24, 2.45) is 35.0 Å². The minimum absolute atomic E-state index is 0.00425. The fraction of sp³-hybridized carbons (Fsp3) is 0.289. The first kappa shape index (κ1) is 30.3. The maximum atomic E-state index is 14.4. The molecule has 4 aliphatic rings. The Balaban J connectivity index is 1.31. The number of anilines is 2. The molecule has 3 fully saturated rings. The summed E-state index contributed by atoms with van der Waals surface area (Å²) < 4.78 is 5.29. The van der Waals surface area contributed by atoms with Crippen LogP contribution < -0.4 is 14.5 Å². The highest BCUT2D eigenvalue weighted by atomic mass is 16.5. The summed E-state index contributed by atoms with van der Waals surface area (Å²) in [6.07, 6.45) is 6.33. The molecule has 4 amide bonds. The average Bonchev–Trinajstić information content (AvgIpc) is 3.44. The first-order valence-electron chi connectivity index (χ1n) is 15.7. The number of ether oxygens (including phenoxy) is 1. The summed E-state index contributed by atoms with van der Waals surface area (Å²) in [6, 6.07) is 20.2. The van der Waals surface area contributed by atoms with Crippen molar-refractivity contribution in [3.63, 3.8) is 0 Å². The third-order valence-corrected chi connectivity index (χ3v) is 10.6. The molecule has 238 valence electrons. The fourth-order valence-electron chi connectivity index (χ4n) is 8.15. The highest BCUT2D eigenvalue weighted by molar-refractivity contribution is 6.25. The first-order valence-corrected chi connectivity index (χ1v) is 15.7. The minimum atomic E-state index is -1.15. The van der Waals surface area contributed by atoms with Crippen molar-refractivity contribution < 1.29 is 33.8 Å². The third-order valence-electron chi connectivity index (χ3n) is 10.6. The predicted molar refractivity (Wildman–Crippen MR) is 174 cm³/mol. The van der Waals surface area contributed by atoms with Gasteiger partial charge in [0, 0.05) is 11.5 Å². The number of allylic oxidation sites excluding steroid dienone is 3. The van der Waals surface area contributed by atoms with Crippen molar-refractivity contribution in [2.45, 2.75) is 26.7 Å². The number of hydrogen-bond acceptors (Lipinski definition) is 7. The zero-order valence-electron chi connectivity index (χ0n) is 26.3. The summed E-state index contributed by atoms with van der Waals surface area (Å²) in [7, 11) is 1.46. The summed E-state index contributed by atoms with van der Waals surface area (Å²) in [4.78, 5) is 71.0. The normalized spacial score (nSPS) is 28.3. The lowest BCUT2D eigenvalue weighted by atomic mass is 9.52. The molecule has 7 rings (SSSR count). The van der Waals surface area contributed by atoms with Crippen LogP contribution >= 0.6 is 0 Å². The van der Waals surface area contributed by atoms with Gasteiger partial charge in [0.2, 0.25) is 23.6 Å². The number of Topliss-reactive ketones (excluding diaryl/α,β-unsaturated/α-hetero) is 1. The Bertz CT molecular complexity index is 1900. The van der Waals surface area contributed by atoms with Gasteiger partial charge in [-0.1, -0.05) is 48.1 Å². The molecular weight excluding hydrogens is 596 g/mol. The van der Waals surface area contributed by atoms with E-state index in [0.29, 0.717) is 29.1 Å². The molecule has 2 saturated heterocycles. The van der Waals surface area contributed by atoms with Crippen LogP contribution in [0, 0.1) is 35.0 Å². The molecule has 9 heteroatoms. The van der Waals surface area contributed by atoms with Crippen molar-refractivity contribution in [2.75, 3.05) is 16.9 Å². The van der Waals surface area contributed by atoms with Crippen molar-refractivity contribution in [3.05, 3.63) is 102 Å². The predicted octanol–water partition coefficient (Wildman–Crippen LogP) is 5.58. The summed E-state index contributed by atoms with van der Waals surface area (Å²) in [5, 5.41) is 10.1. The van der Waals surface area contributed by atoms with Gasteiger partial charge >= 0.3 is 0 Å². The number of carbonyl (C=O) groups is 5. The second-order valence-electron chi connectivity index (χ2n) is 12.9. The van der Waals surface area contributed by atoms with Crippen LogP contribution in [0.3, 0.4) is 0 Å². The number of phenols is 1. The van der Waals surface area contributed by atoms with Gasteiger partial charge in [0.25, 0.3) is 0 Å². The molecule has 1 saturated carbocycles. The van der Waals surface area contributed by atoms with Crippen LogP contribution in [0.1, 0.15) is 42.6 Å². The number of methoxy groups -OCH3 is 1. The van der Waals surface area contributed by atoms with Gasteiger partial charge in [0.1, 0.15) is 0 Å². The number of aromatic hydroxyl groups is 1. The molecule has 9 nitrogen and oxygen atoms in total. The lowest BCUT2D eigenvalue weighted by molar-refractivity contribution is -0.132. The van der Waals surface area contributed by atoms with E-state index < -0.39 is 35.0 Å². The maximum Gasteiger partial charge on any atom is 0.241 e.